The third-order valence-electron chi connectivity index (χ3n) is 4.32. The number of hydrogen-bond donors (Lipinski definition) is 0. The lowest BCUT2D eigenvalue weighted by atomic mass is 10.0. The Morgan fingerprint density at radius 2 is 1.38 bits per heavy atom. The van der Waals surface area contributed by atoms with Crippen molar-refractivity contribution in [1.82, 2.24) is 0 Å². The molecule has 0 bridgehead atoms. The van der Waals surface area contributed by atoms with Crippen molar-refractivity contribution in [3.63, 3.8) is 0 Å². The Hall–Kier alpha value is -0.650. The molecule has 0 aromatic heterocycles. The standard InChI is InChI=1S/C21H42O5/c1-4-7-9-14-26-21(22)12-10-13-23-15-16-24-17-18-25-19-20(6-3)11-8-5-2/h20H,4-19H2,1-3H3. The molecule has 0 aliphatic heterocycles. The van der Waals surface area contributed by atoms with Gasteiger partial charge in [0.1, 0.15) is 0 Å². The van der Waals surface area contributed by atoms with Gasteiger partial charge in [-0.05, 0) is 25.2 Å². The van der Waals surface area contributed by atoms with Crippen LogP contribution in [0.15, 0.2) is 0 Å². The quantitative estimate of drug-likeness (QED) is 0.227. The fraction of sp³-hybridized carbons (Fsp3) is 0.952. The summed E-state index contributed by atoms with van der Waals surface area (Å²) >= 11 is 0. The lowest BCUT2D eigenvalue weighted by Gasteiger charge is -2.14. The fourth-order valence-corrected chi connectivity index (χ4v) is 2.52. The van der Waals surface area contributed by atoms with Crippen molar-refractivity contribution in [3.05, 3.63) is 0 Å². The van der Waals surface area contributed by atoms with E-state index in [9.17, 15) is 4.79 Å². The van der Waals surface area contributed by atoms with Gasteiger partial charge in [0, 0.05) is 19.6 Å². The highest BCUT2D eigenvalue weighted by Gasteiger charge is 2.05. The van der Waals surface area contributed by atoms with Gasteiger partial charge in [-0.2, -0.15) is 0 Å². The van der Waals surface area contributed by atoms with Gasteiger partial charge in [-0.15, -0.1) is 0 Å². The molecule has 1 atom stereocenters. The molecule has 0 amide bonds. The zero-order valence-electron chi connectivity index (χ0n) is 17.4. The van der Waals surface area contributed by atoms with E-state index in [2.05, 4.69) is 20.8 Å². The molecule has 0 aliphatic carbocycles. The largest absolute Gasteiger partial charge is 0.466 e. The molecule has 0 spiro atoms. The maximum absolute atomic E-state index is 11.5. The summed E-state index contributed by atoms with van der Waals surface area (Å²) in [5, 5.41) is 0. The van der Waals surface area contributed by atoms with E-state index in [4.69, 9.17) is 18.9 Å². The zero-order chi connectivity index (χ0) is 19.3. The van der Waals surface area contributed by atoms with E-state index in [1.54, 1.807) is 0 Å². The lowest BCUT2D eigenvalue weighted by molar-refractivity contribution is -0.144. The van der Waals surface area contributed by atoms with Crippen LogP contribution in [-0.4, -0.2) is 52.2 Å². The summed E-state index contributed by atoms with van der Waals surface area (Å²) in [6.07, 6.45) is 9.30. The molecule has 0 aromatic carbocycles. The molecule has 26 heavy (non-hydrogen) atoms. The second kappa shape index (κ2) is 20.7. The number of hydrogen-bond acceptors (Lipinski definition) is 5. The first kappa shape index (κ1) is 25.4. The van der Waals surface area contributed by atoms with Gasteiger partial charge in [0.15, 0.2) is 0 Å². The topological polar surface area (TPSA) is 54.0 Å². The number of unbranched alkanes of at least 4 members (excludes halogenated alkanes) is 3. The first-order chi connectivity index (χ1) is 12.7. The van der Waals surface area contributed by atoms with E-state index in [-0.39, 0.29) is 5.97 Å². The molecule has 0 heterocycles. The molecule has 0 aromatic rings. The van der Waals surface area contributed by atoms with Gasteiger partial charge in [0.2, 0.25) is 0 Å². The molecule has 0 saturated heterocycles. The van der Waals surface area contributed by atoms with E-state index >= 15 is 0 Å². The van der Waals surface area contributed by atoms with E-state index < -0.39 is 0 Å². The van der Waals surface area contributed by atoms with Crippen molar-refractivity contribution in [2.45, 2.75) is 78.6 Å². The fourth-order valence-electron chi connectivity index (χ4n) is 2.52. The van der Waals surface area contributed by atoms with Gasteiger partial charge in [0.05, 0.1) is 33.0 Å². The summed E-state index contributed by atoms with van der Waals surface area (Å²) in [6.45, 7) is 10.9. The molecular formula is C21H42O5. The Kier molecular flexibility index (Phi) is 20.1. The summed E-state index contributed by atoms with van der Waals surface area (Å²) in [7, 11) is 0. The molecule has 5 nitrogen and oxygen atoms in total. The number of carbonyl (C=O) groups excluding carboxylic acids is 1. The molecular weight excluding hydrogens is 332 g/mol. The van der Waals surface area contributed by atoms with Crippen molar-refractivity contribution in [3.8, 4) is 0 Å². The van der Waals surface area contributed by atoms with Crippen LogP contribution in [0.3, 0.4) is 0 Å². The number of carbonyl (C=O) groups is 1. The van der Waals surface area contributed by atoms with Crippen LogP contribution in [0.2, 0.25) is 0 Å². The van der Waals surface area contributed by atoms with Gasteiger partial charge in [-0.3, -0.25) is 4.79 Å². The highest BCUT2D eigenvalue weighted by molar-refractivity contribution is 5.69. The average molecular weight is 375 g/mol. The smallest absolute Gasteiger partial charge is 0.305 e. The summed E-state index contributed by atoms with van der Waals surface area (Å²) in [4.78, 5) is 11.5. The van der Waals surface area contributed by atoms with Crippen LogP contribution in [0.4, 0.5) is 0 Å². The molecule has 0 radical (unpaired) electrons. The SMILES string of the molecule is CCCCCOC(=O)CCCOCCOCCOCC(CC)CCCC. The predicted molar refractivity (Wildman–Crippen MR) is 105 cm³/mol. The summed E-state index contributed by atoms with van der Waals surface area (Å²) in [6, 6.07) is 0. The van der Waals surface area contributed by atoms with Crippen LogP contribution >= 0.6 is 0 Å². The van der Waals surface area contributed by atoms with Crippen LogP contribution in [0, 0.1) is 5.92 Å². The van der Waals surface area contributed by atoms with Gasteiger partial charge in [0.25, 0.3) is 0 Å². The number of ether oxygens (including phenoxy) is 4. The van der Waals surface area contributed by atoms with E-state index in [1.807, 2.05) is 0 Å². The Bertz CT molecular complexity index is 296. The van der Waals surface area contributed by atoms with E-state index in [1.165, 1.54) is 25.7 Å². The average Bonchev–Trinajstić information content (AvgIpc) is 2.65. The van der Waals surface area contributed by atoms with Crippen LogP contribution in [0.5, 0.6) is 0 Å². The summed E-state index contributed by atoms with van der Waals surface area (Å²) < 4.78 is 21.8. The van der Waals surface area contributed by atoms with Gasteiger partial charge >= 0.3 is 5.97 Å². The monoisotopic (exact) mass is 374 g/mol. The van der Waals surface area contributed by atoms with Gasteiger partial charge in [-0.25, -0.2) is 0 Å². The van der Waals surface area contributed by atoms with Crippen molar-refractivity contribution >= 4 is 5.97 Å². The third-order valence-corrected chi connectivity index (χ3v) is 4.32. The Morgan fingerprint density at radius 3 is 2.04 bits per heavy atom. The summed E-state index contributed by atoms with van der Waals surface area (Å²) in [5.41, 5.74) is 0. The van der Waals surface area contributed by atoms with Gasteiger partial charge < -0.3 is 18.9 Å². The minimum atomic E-state index is -0.123. The zero-order valence-corrected chi connectivity index (χ0v) is 17.4. The highest BCUT2D eigenvalue weighted by Crippen LogP contribution is 2.12. The number of esters is 1. The minimum Gasteiger partial charge on any atom is -0.466 e. The second-order valence-corrected chi connectivity index (χ2v) is 6.75. The Labute approximate surface area is 161 Å². The summed E-state index contributed by atoms with van der Waals surface area (Å²) in [5.74, 6) is 0.555. The van der Waals surface area contributed by atoms with E-state index in [0.29, 0.717) is 58.4 Å². The van der Waals surface area contributed by atoms with Crippen molar-refractivity contribution in [2.24, 2.45) is 5.92 Å². The first-order valence-electron chi connectivity index (χ1n) is 10.6. The molecule has 0 saturated carbocycles. The van der Waals surface area contributed by atoms with Crippen LogP contribution in [-0.2, 0) is 23.7 Å². The number of rotatable bonds is 20. The first-order valence-corrected chi connectivity index (χ1v) is 10.6. The molecule has 5 heteroatoms. The Morgan fingerprint density at radius 1 is 0.731 bits per heavy atom. The van der Waals surface area contributed by atoms with Gasteiger partial charge in [-0.1, -0.05) is 52.9 Å². The molecule has 0 aliphatic rings. The maximum atomic E-state index is 11.5. The van der Waals surface area contributed by atoms with E-state index in [0.717, 1.165) is 25.9 Å². The maximum Gasteiger partial charge on any atom is 0.305 e. The third kappa shape index (κ3) is 18.2. The normalized spacial score (nSPS) is 12.3. The predicted octanol–water partition coefficient (Wildman–Crippen LogP) is 4.77. The molecule has 0 N–H and O–H groups in total. The van der Waals surface area contributed by atoms with Crippen LogP contribution in [0.25, 0.3) is 0 Å². The Balaban J connectivity index is 3.25. The molecule has 156 valence electrons. The van der Waals surface area contributed by atoms with Crippen molar-refractivity contribution in [2.75, 3.05) is 46.2 Å². The highest BCUT2D eigenvalue weighted by atomic mass is 16.5. The minimum absolute atomic E-state index is 0.123. The lowest BCUT2D eigenvalue weighted by Crippen LogP contribution is -2.14. The molecule has 0 fully saturated rings. The second-order valence-electron chi connectivity index (χ2n) is 6.75. The van der Waals surface area contributed by atoms with Crippen LogP contribution < -0.4 is 0 Å². The molecule has 0 rings (SSSR count). The van der Waals surface area contributed by atoms with Crippen molar-refractivity contribution < 1.29 is 23.7 Å². The van der Waals surface area contributed by atoms with Crippen molar-refractivity contribution in [1.29, 1.82) is 0 Å². The van der Waals surface area contributed by atoms with Crippen LogP contribution in [0.1, 0.15) is 78.6 Å². The molecule has 1 unspecified atom stereocenters.